The van der Waals surface area contributed by atoms with Crippen molar-refractivity contribution >= 4 is 34.3 Å². The first-order chi connectivity index (χ1) is 15.7. The molecule has 0 aliphatic rings. The van der Waals surface area contributed by atoms with Gasteiger partial charge < -0.3 is 20.1 Å². The highest BCUT2D eigenvalue weighted by Gasteiger charge is 2.31. The number of allylic oxidation sites excluding steroid dienone is 1. The van der Waals surface area contributed by atoms with Crippen molar-refractivity contribution in [3.8, 4) is 11.5 Å². The van der Waals surface area contributed by atoms with Crippen molar-refractivity contribution in [1.29, 1.82) is 0 Å². The van der Waals surface area contributed by atoms with E-state index >= 15 is 0 Å². The maximum absolute atomic E-state index is 12.7. The Kier molecular flexibility index (Phi) is 7.70. The number of anilines is 1. The Labute approximate surface area is 193 Å². The van der Waals surface area contributed by atoms with Crippen LogP contribution in [0.3, 0.4) is 0 Å². The minimum absolute atomic E-state index is 0.350. The summed E-state index contributed by atoms with van der Waals surface area (Å²) >= 11 is 1.26. The van der Waals surface area contributed by atoms with Gasteiger partial charge in [-0.3, -0.25) is 9.78 Å². The molecule has 6 nitrogen and oxygen atoms in total. The van der Waals surface area contributed by atoms with Crippen LogP contribution in [0.4, 0.5) is 18.9 Å². The van der Waals surface area contributed by atoms with Gasteiger partial charge in [0, 0.05) is 35.6 Å². The van der Waals surface area contributed by atoms with Crippen LogP contribution in [-0.4, -0.2) is 30.6 Å². The third kappa shape index (κ3) is 6.55. The Morgan fingerprint density at radius 1 is 1.09 bits per heavy atom. The number of aromatic nitrogens is 1. The van der Waals surface area contributed by atoms with Crippen LogP contribution < -0.4 is 20.1 Å². The second-order valence-corrected chi connectivity index (χ2v) is 7.71. The van der Waals surface area contributed by atoms with E-state index in [1.165, 1.54) is 23.9 Å². The predicted octanol–water partition coefficient (Wildman–Crippen LogP) is 5.46. The Balaban J connectivity index is 1.70. The number of methoxy groups -OCH3 is 1. The minimum atomic E-state index is -4.77. The van der Waals surface area contributed by atoms with Crippen molar-refractivity contribution in [2.75, 3.05) is 18.7 Å². The smallest absolute Gasteiger partial charge is 0.497 e. The maximum atomic E-state index is 12.7. The Morgan fingerprint density at radius 3 is 2.42 bits per heavy atom. The number of fused-ring (bicyclic) bond motifs is 1. The van der Waals surface area contributed by atoms with E-state index in [1.54, 1.807) is 26.5 Å². The number of hydrogen-bond acceptors (Lipinski definition) is 6. The van der Waals surface area contributed by atoms with Gasteiger partial charge in [0.15, 0.2) is 0 Å². The van der Waals surface area contributed by atoms with Crippen molar-refractivity contribution in [3.05, 3.63) is 70.9 Å². The SMILES string of the molecule is COc1ccc2c(CN/C(C)=C(/SC)C(=O)Nc3ccc(OC(F)(F)F)cc3)ccnc2c1. The third-order valence-electron chi connectivity index (χ3n) is 4.68. The summed E-state index contributed by atoms with van der Waals surface area (Å²) in [4.78, 5) is 17.5. The monoisotopic (exact) mass is 477 g/mol. The average Bonchev–Trinajstić information content (AvgIpc) is 2.78. The number of alkyl halides is 3. The van der Waals surface area contributed by atoms with E-state index in [1.807, 2.05) is 24.3 Å². The van der Waals surface area contributed by atoms with Gasteiger partial charge >= 0.3 is 6.36 Å². The number of thioether (sulfide) groups is 1. The highest BCUT2D eigenvalue weighted by molar-refractivity contribution is 8.03. The number of benzene rings is 2. The molecule has 3 rings (SSSR count). The highest BCUT2D eigenvalue weighted by atomic mass is 32.2. The van der Waals surface area contributed by atoms with E-state index in [0.29, 0.717) is 22.8 Å². The van der Waals surface area contributed by atoms with Crippen LogP contribution >= 0.6 is 11.8 Å². The Bertz CT molecular complexity index is 1170. The molecule has 1 amide bonds. The second-order valence-electron chi connectivity index (χ2n) is 6.89. The quantitative estimate of drug-likeness (QED) is 0.420. The van der Waals surface area contributed by atoms with Crippen LogP contribution in [-0.2, 0) is 11.3 Å². The number of rotatable bonds is 8. The topological polar surface area (TPSA) is 72.5 Å². The van der Waals surface area contributed by atoms with Gasteiger partial charge in [0.25, 0.3) is 5.91 Å². The number of nitrogens with zero attached hydrogens (tertiary/aromatic N) is 1. The molecule has 0 aliphatic carbocycles. The zero-order valence-corrected chi connectivity index (χ0v) is 18.9. The molecule has 3 aromatic rings. The van der Waals surface area contributed by atoms with Gasteiger partial charge in [0.1, 0.15) is 11.5 Å². The van der Waals surface area contributed by atoms with Gasteiger partial charge in [-0.2, -0.15) is 0 Å². The van der Waals surface area contributed by atoms with Crippen LogP contribution in [0.1, 0.15) is 12.5 Å². The third-order valence-corrected chi connectivity index (χ3v) is 5.58. The number of hydrogen-bond donors (Lipinski definition) is 2. The fraction of sp³-hybridized carbons (Fsp3) is 0.217. The maximum Gasteiger partial charge on any atom is 0.573 e. The summed E-state index contributed by atoms with van der Waals surface area (Å²) in [7, 11) is 1.60. The van der Waals surface area contributed by atoms with E-state index in [-0.39, 0.29) is 11.7 Å². The summed E-state index contributed by atoms with van der Waals surface area (Å²) in [6, 6.07) is 12.5. The van der Waals surface area contributed by atoms with Gasteiger partial charge in [-0.15, -0.1) is 24.9 Å². The lowest BCUT2D eigenvalue weighted by atomic mass is 10.1. The predicted molar refractivity (Wildman–Crippen MR) is 123 cm³/mol. The van der Waals surface area contributed by atoms with Crippen LogP contribution in [0.5, 0.6) is 11.5 Å². The minimum Gasteiger partial charge on any atom is -0.497 e. The molecule has 1 aromatic heterocycles. The molecule has 0 bridgehead atoms. The van der Waals surface area contributed by atoms with Crippen LogP contribution in [0.2, 0.25) is 0 Å². The highest BCUT2D eigenvalue weighted by Crippen LogP contribution is 2.26. The number of carbonyl (C=O) groups excluding carboxylic acids is 1. The molecular formula is C23H22F3N3O3S. The summed E-state index contributed by atoms with van der Waals surface area (Å²) in [5.41, 5.74) is 2.82. The van der Waals surface area contributed by atoms with Gasteiger partial charge in [0.2, 0.25) is 0 Å². The second kappa shape index (κ2) is 10.5. The van der Waals surface area contributed by atoms with Crippen LogP contribution in [0.25, 0.3) is 10.9 Å². The lowest BCUT2D eigenvalue weighted by Crippen LogP contribution is -2.20. The van der Waals surface area contributed by atoms with Gasteiger partial charge in [-0.25, -0.2) is 0 Å². The van der Waals surface area contributed by atoms with E-state index in [9.17, 15) is 18.0 Å². The first kappa shape index (κ1) is 24.2. The molecule has 174 valence electrons. The van der Waals surface area contributed by atoms with E-state index < -0.39 is 6.36 Å². The van der Waals surface area contributed by atoms with Gasteiger partial charge in [-0.05, 0) is 61.2 Å². The molecule has 10 heteroatoms. The summed E-state index contributed by atoms with van der Waals surface area (Å²) in [6.45, 7) is 2.26. The Morgan fingerprint density at radius 2 is 1.79 bits per heavy atom. The van der Waals surface area contributed by atoms with Crippen LogP contribution in [0, 0.1) is 0 Å². The van der Waals surface area contributed by atoms with Gasteiger partial charge in [0.05, 0.1) is 17.5 Å². The number of carbonyl (C=O) groups is 1. The zero-order chi connectivity index (χ0) is 24.0. The van der Waals surface area contributed by atoms with E-state index in [2.05, 4.69) is 20.4 Å². The van der Waals surface area contributed by atoms with Crippen molar-refractivity contribution in [1.82, 2.24) is 10.3 Å². The molecule has 1 heterocycles. The number of ether oxygens (including phenoxy) is 2. The molecule has 0 saturated heterocycles. The lowest BCUT2D eigenvalue weighted by molar-refractivity contribution is -0.274. The number of pyridine rings is 1. The molecule has 0 saturated carbocycles. The van der Waals surface area contributed by atoms with Crippen molar-refractivity contribution < 1.29 is 27.4 Å². The van der Waals surface area contributed by atoms with Crippen molar-refractivity contribution in [2.45, 2.75) is 19.8 Å². The normalized spacial score (nSPS) is 12.2. The molecule has 0 atom stereocenters. The molecule has 0 unspecified atom stereocenters. The molecule has 0 radical (unpaired) electrons. The fourth-order valence-electron chi connectivity index (χ4n) is 3.12. The Hall–Kier alpha value is -3.40. The number of amides is 1. The number of nitrogens with one attached hydrogen (secondary N) is 2. The van der Waals surface area contributed by atoms with Crippen molar-refractivity contribution in [2.24, 2.45) is 0 Å². The van der Waals surface area contributed by atoms with Gasteiger partial charge in [-0.1, -0.05) is 0 Å². The molecule has 2 N–H and O–H groups in total. The zero-order valence-electron chi connectivity index (χ0n) is 18.1. The lowest BCUT2D eigenvalue weighted by Gasteiger charge is -2.14. The molecule has 0 fully saturated rings. The first-order valence-corrected chi connectivity index (χ1v) is 11.0. The summed E-state index contributed by atoms with van der Waals surface area (Å²) in [5, 5.41) is 6.92. The van der Waals surface area contributed by atoms with Crippen LogP contribution in [0.15, 0.2) is 65.3 Å². The first-order valence-electron chi connectivity index (χ1n) is 9.77. The fourth-order valence-corrected chi connectivity index (χ4v) is 3.74. The summed E-state index contributed by atoms with van der Waals surface area (Å²) in [6.07, 6.45) is -1.28. The van der Waals surface area contributed by atoms with E-state index in [0.717, 1.165) is 34.3 Å². The average molecular weight is 478 g/mol. The standard InChI is InChI=1S/C23H22F3N3O3S/c1-14(28-13-15-10-11-27-20-12-18(31-2)8-9-19(15)20)21(33-3)22(30)29-16-4-6-17(7-5-16)32-23(24,25)26/h4-12,28H,13H2,1-3H3,(H,29,30)/b21-14+. The molecule has 0 spiro atoms. The molecule has 33 heavy (non-hydrogen) atoms. The molecule has 2 aromatic carbocycles. The largest absolute Gasteiger partial charge is 0.573 e. The summed E-state index contributed by atoms with van der Waals surface area (Å²) < 4.78 is 46.0. The van der Waals surface area contributed by atoms with Crippen molar-refractivity contribution in [3.63, 3.8) is 0 Å². The van der Waals surface area contributed by atoms with E-state index in [4.69, 9.17) is 4.74 Å². The summed E-state index contributed by atoms with van der Waals surface area (Å²) in [5.74, 6) is -0.0157. The molecule has 0 aliphatic heterocycles. The molecular weight excluding hydrogens is 455 g/mol. The number of halogens is 3.